The van der Waals surface area contributed by atoms with E-state index in [2.05, 4.69) is 31.2 Å². The van der Waals surface area contributed by atoms with E-state index in [0.29, 0.717) is 12.8 Å². The SMILES string of the molecule is CCCC[C@H]1CC[C@H](c2ccc(-c3ccc(C(F)C(C)(F)F)cc3)cc2)CC1. The molecule has 1 unspecified atom stereocenters. The molecule has 0 saturated heterocycles. The van der Waals surface area contributed by atoms with Crippen LogP contribution in [0.4, 0.5) is 13.2 Å². The summed E-state index contributed by atoms with van der Waals surface area (Å²) in [6.45, 7) is 2.87. The van der Waals surface area contributed by atoms with Crippen molar-refractivity contribution in [2.45, 2.75) is 76.8 Å². The highest BCUT2D eigenvalue weighted by atomic mass is 19.3. The molecule has 1 atom stereocenters. The second-order valence-electron chi connectivity index (χ2n) is 8.42. The van der Waals surface area contributed by atoms with Crippen molar-refractivity contribution in [3.8, 4) is 11.1 Å². The molecule has 1 saturated carbocycles. The molecule has 1 aliphatic rings. The summed E-state index contributed by atoms with van der Waals surface area (Å²) < 4.78 is 40.1. The Balaban J connectivity index is 1.62. The van der Waals surface area contributed by atoms with E-state index >= 15 is 0 Å². The zero-order valence-electron chi connectivity index (χ0n) is 16.9. The number of hydrogen-bond donors (Lipinski definition) is 0. The van der Waals surface area contributed by atoms with Crippen molar-refractivity contribution in [2.24, 2.45) is 5.92 Å². The number of benzene rings is 2. The Morgan fingerprint density at radius 3 is 1.93 bits per heavy atom. The summed E-state index contributed by atoms with van der Waals surface area (Å²) in [5.41, 5.74) is 3.37. The molecule has 1 aliphatic carbocycles. The van der Waals surface area contributed by atoms with E-state index in [1.54, 1.807) is 12.1 Å². The lowest BCUT2D eigenvalue weighted by Gasteiger charge is -2.29. The first-order valence-corrected chi connectivity index (χ1v) is 10.6. The molecule has 28 heavy (non-hydrogen) atoms. The highest BCUT2D eigenvalue weighted by Gasteiger charge is 2.35. The maximum atomic E-state index is 13.8. The van der Waals surface area contributed by atoms with Crippen LogP contribution in [0.3, 0.4) is 0 Å². The lowest BCUT2D eigenvalue weighted by Crippen LogP contribution is -2.18. The van der Waals surface area contributed by atoms with Gasteiger partial charge >= 0.3 is 0 Å². The van der Waals surface area contributed by atoms with Gasteiger partial charge in [0, 0.05) is 6.92 Å². The lowest BCUT2D eigenvalue weighted by molar-refractivity contribution is -0.0566. The Kier molecular flexibility index (Phi) is 6.85. The summed E-state index contributed by atoms with van der Waals surface area (Å²) in [7, 11) is 0. The quantitative estimate of drug-likeness (QED) is 0.446. The van der Waals surface area contributed by atoms with Crippen molar-refractivity contribution in [1.29, 1.82) is 0 Å². The van der Waals surface area contributed by atoms with E-state index in [9.17, 15) is 13.2 Å². The molecule has 0 aliphatic heterocycles. The maximum Gasteiger partial charge on any atom is 0.280 e. The van der Waals surface area contributed by atoms with Crippen LogP contribution in [0.25, 0.3) is 11.1 Å². The molecule has 1 fully saturated rings. The Morgan fingerprint density at radius 1 is 0.893 bits per heavy atom. The van der Waals surface area contributed by atoms with Gasteiger partial charge in [-0.25, -0.2) is 13.2 Å². The van der Waals surface area contributed by atoms with Gasteiger partial charge in [0.05, 0.1) is 0 Å². The zero-order valence-corrected chi connectivity index (χ0v) is 16.9. The first-order chi connectivity index (χ1) is 13.4. The van der Waals surface area contributed by atoms with Crippen LogP contribution < -0.4 is 0 Å². The molecule has 2 aromatic rings. The topological polar surface area (TPSA) is 0 Å². The van der Waals surface area contributed by atoms with Gasteiger partial charge in [-0.1, -0.05) is 74.7 Å². The number of alkyl halides is 3. The molecular formula is C25H31F3. The van der Waals surface area contributed by atoms with Gasteiger partial charge < -0.3 is 0 Å². The minimum absolute atomic E-state index is 0.0210. The van der Waals surface area contributed by atoms with Crippen molar-refractivity contribution in [1.82, 2.24) is 0 Å². The fourth-order valence-electron chi connectivity index (χ4n) is 4.36. The average molecular weight is 389 g/mol. The highest BCUT2D eigenvalue weighted by Crippen LogP contribution is 2.38. The number of unbranched alkanes of at least 4 members (excludes halogenated alkanes) is 1. The maximum absolute atomic E-state index is 13.8. The Bertz CT molecular complexity index is 720. The fraction of sp³-hybridized carbons (Fsp3) is 0.520. The Morgan fingerprint density at radius 2 is 1.43 bits per heavy atom. The fourth-order valence-corrected chi connectivity index (χ4v) is 4.36. The predicted molar refractivity (Wildman–Crippen MR) is 111 cm³/mol. The van der Waals surface area contributed by atoms with Crippen molar-refractivity contribution in [2.75, 3.05) is 0 Å². The van der Waals surface area contributed by atoms with Gasteiger partial charge in [-0.3, -0.25) is 0 Å². The van der Waals surface area contributed by atoms with Crippen LogP contribution in [-0.4, -0.2) is 5.92 Å². The molecule has 0 nitrogen and oxygen atoms in total. The minimum Gasteiger partial charge on any atom is -0.236 e. The van der Waals surface area contributed by atoms with E-state index in [4.69, 9.17) is 0 Å². The van der Waals surface area contributed by atoms with Crippen LogP contribution in [0.5, 0.6) is 0 Å². The molecular weight excluding hydrogens is 357 g/mol. The summed E-state index contributed by atoms with van der Waals surface area (Å²) in [6.07, 6.45) is 6.95. The Labute approximate surface area is 167 Å². The third kappa shape index (κ3) is 5.18. The predicted octanol–water partition coefficient (Wildman–Crippen LogP) is 8.48. The van der Waals surface area contributed by atoms with Crippen LogP contribution in [0.2, 0.25) is 0 Å². The molecule has 0 radical (unpaired) electrons. The smallest absolute Gasteiger partial charge is 0.236 e. The van der Waals surface area contributed by atoms with Crippen LogP contribution in [0.1, 0.15) is 82.0 Å². The molecule has 0 spiro atoms. The van der Waals surface area contributed by atoms with Gasteiger partial charge in [0.2, 0.25) is 0 Å². The van der Waals surface area contributed by atoms with Crippen LogP contribution >= 0.6 is 0 Å². The van der Waals surface area contributed by atoms with Gasteiger partial charge in [0.25, 0.3) is 5.92 Å². The summed E-state index contributed by atoms with van der Waals surface area (Å²) in [4.78, 5) is 0. The van der Waals surface area contributed by atoms with E-state index in [1.807, 2.05) is 0 Å². The van der Waals surface area contributed by atoms with Crippen molar-refractivity contribution < 1.29 is 13.2 Å². The van der Waals surface area contributed by atoms with Gasteiger partial charge in [-0.2, -0.15) is 0 Å². The molecule has 0 amide bonds. The van der Waals surface area contributed by atoms with Crippen LogP contribution in [0, 0.1) is 5.92 Å². The number of hydrogen-bond acceptors (Lipinski definition) is 0. The first kappa shape index (κ1) is 21.0. The number of halogens is 3. The van der Waals surface area contributed by atoms with Gasteiger partial charge in [-0.05, 0) is 59.8 Å². The summed E-state index contributed by atoms with van der Waals surface area (Å²) in [5.74, 6) is -1.81. The molecule has 0 aromatic heterocycles. The monoisotopic (exact) mass is 388 g/mol. The number of rotatable bonds is 7. The van der Waals surface area contributed by atoms with Crippen molar-refractivity contribution >= 4 is 0 Å². The van der Waals surface area contributed by atoms with Gasteiger partial charge in [-0.15, -0.1) is 0 Å². The molecule has 0 heterocycles. The van der Waals surface area contributed by atoms with Crippen LogP contribution in [0.15, 0.2) is 48.5 Å². The van der Waals surface area contributed by atoms with Gasteiger partial charge in [0.1, 0.15) is 0 Å². The lowest BCUT2D eigenvalue weighted by atomic mass is 9.77. The second-order valence-corrected chi connectivity index (χ2v) is 8.42. The largest absolute Gasteiger partial charge is 0.280 e. The molecule has 2 aromatic carbocycles. The molecule has 0 bridgehead atoms. The van der Waals surface area contributed by atoms with E-state index < -0.39 is 12.1 Å². The van der Waals surface area contributed by atoms with E-state index in [-0.39, 0.29) is 5.56 Å². The molecule has 3 heteroatoms. The summed E-state index contributed by atoms with van der Waals surface area (Å²) >= 11 is 0. The van der Waals surface area contributed by atoms with Crippen molar-refractivity contribution in [3.63, 3.8) is 0 Å². The third-order valence-electron chi connectivity index (χ3n) is 6.18. The standard InChI is InChI=1S/C25H31F3/c1-3-4-5-18-6-8-19(9-7-18)20-10-12-21(13-11-20)22-14-16-23(17-15-22)24(26)25(2,27)28/h10-19,24H,3-9H2,1-2H3/t18-,19-,24?. The normalized spacial score (nSPS) is 21.5. The molecule has 0 N–H and O–H groups in total. The summed E-state index contributed by atoms with van der Waals surface area (Å²) in [6, 6.07) is 14.9. The third-order valence-corrected chi connectivity index (χ3v) is 6.18. The summed E-state index contributed by atoms with van der Waals surface area (Å²) in [5, 5.41) is 0. The zero-order chi connectivity index (χ0) is 20.1. The van der Waals surface area contributed by atoms with E-state index in [1.165, 1.54) is 62.6 Å². The average Bonchev–Trinajstić information content (AvgIpc) is 2.72. The van der Waals surface area contributed by atoms with Gasteiger partial charge in [0.15, 0.2) is 6.17 Å². The highest BCUT2D eigenvalue weighted by molar-refractivity contribution is 5.64. The second kappa shape index (κ2) is 9.15. The van der Waals surface area contributed by atoms with Crippen LogP contribution in [-0.2, 0) is 0 Å². The van der Waals surface area contributed by atoms with Crippen molar-refractivity contribution in [3.05, 3.63) is 59.7 Å². The molecule has 3 rings (SSSR count). The van der Waals surface area contributed by atoms with E-state index in [0.717, 1.165) is 17.0 Å². The Hall–Kier alpha value is -1.77. The molecule has 152 valence electrons. The minimum atomic E-state index is -3.36. The first-order valence-electron chi connectivity index (χ1n) is 10.6.